The molecule has 0 saturated heterocycles. The zero-order valence-corrected chi connectivity index (χ0v) is 20.2. The van der Waals surface area contributed by atoms with Gasteiger partial charge >= 0.3 is 5.97 Å². The first-order valence-corrected chi connectivity index (χ1v) is 12.1. The number of ether oxygens (including phenoxy) is 1. The maximum Gasteiger partial charge on any atom is 0.309 e. The smallest absolute Gasteiger partial charge is 0.309 e. The van der Waals surface area contributed by atoms with E-state index >= 15 is 0 Å². The van der Waals surface area contributed by atoms with Crippen LogP contribution in [-0.2, 0) is 14.3 Å². The van der Waals surface area contributed by atoms with E-state index in [-0.39, 0.29) is 23.7 Å². The molecule has 0 spiro atoms. The van der Waals surface area contributed by atoms with Crippen molar-refractivity contribution in [2.24, 2.45) is 11.8 Å². The molecule has 6 heteroatoms. The third kappa shape index (κ3) is 4.32. The number of nitrogens with one attached hydrogen (secondary N) is 1. The summed E-state index contributed by atoms with van der Waals surface area (Å²) in [5, 5.41) is 3.18. The topological polar surface area (TPSA) is 73.2 Å². The van der Waals surface area contributed by atoms with E-state index in [0.29, 0.717) is 18.9 Å². The first-order valence-electron chi connectivity index (χ1n) is 12.1. The average Bonchev–Trinajstić information content (AvgIpc) is 3.56. The molecule has 1 aromatic heterocycles. The molecule has 1 aliphatic carbocycles. The molecule has 4 aromatic rings. The molecule has 0 aliphatic heterocycles. The van der Waals surface area contributed by atoms with Crippen LogP contribution in [0.5, 0.6) is 0 Å². The number of aromatic nitrogens is 2. The van der Waals surface area contributed by atoms with Crippen molar-refractivity contribution in [1.82, 2.24) is 9.55 Å². The maximum atomic E-state index is 14.0. The van der Waals surface area contributed by atoms with Crippen LogP contribution < -0.4 is 5.32 Å². The summed E-state index contributed by atoms with van der Waals surface area (Å²) in [6.07, 6.45) is 0.602. The third-order valence-electron chi connectivity index (χ3n) is 6.74. The summed E-state index contributed by atoms with van der Waals surface area (Å²) in [5.74, 6) is -0.178. The van der Waals surface area contributed by atoms with Crippen LogP contribution in [0, 0.1) is 25.7 Å². The van der Waals surface area contributed by atoms with E-state index < -0.39 is 6.04 Å². The predicted molar refractivity (Wildman–Crippen MR) is 137 cm³/mol. The van der Waals surface area contributed by atoms with Crippen LogP contribution in [0.15, 0.2) is 72.8 Å². The number of hydrogen-bond donors (Lipinski definition) is 1. The number of hydrogen-bond acceptors (Lipinski definition) is 4. The van der Waals surface area contributed by atoms with Crippen molar-refractivity contribution in [2.75, 3.05) is 11.9 Å². The highest BCUT2D eigenvalue weighted by molar-refractivity contribution is 5.98. The molecule has 5 rings (SSSR count). The number of carbonyl (C=O) groups is 2. The SMILES string of the molecule is CCOC(=O)C1CC1C(C(=O)Nc1c(C)cccc1C)n1c(-c2ccccc2)nc2ccccc21. The van der Waals surface area contributed by atoms with Gasteiger partial charge in [-0.05, 0) is 50.5 Å². The average molecular weight is 468 g/mol. The fraction of sp³-hybridized carbons (Fsp3) is 0.276. The highest BCUT2D eigenvalue weighted by Crippen LogP contribution is 2.49. The van der Waals surface area contributed by atoms with Crippen LogP contribution in [0.1, 0.15) is 30.5 Å². The Balaban J connectivity index is 1.64. The molecule has 3 unspecified atom stereocenters. The Hall–Kier alpha value is -3.93. The van der Waals surface area contributed by atoms with E-state index in [1.807, 2.05) is 91.2 Å². The summed E-state index contributed by atoms with van der Waals surface area (Å²) in [6.45, 7) is 6.10. The van der Waals surface area contributed by atoms with Gasteiger partial charge < -0.3 is 14.6 Å². The van der Waals surface area contributed by atoms with Crippen LogP contribution in [0.3, 0.4) is 0 Å². The highest BCUT2D eigenvalue weighted by atomic mass is 16.5. The molecular formula is C29H29N3O3. The van der Waals surface area contributed by atoms with Gasteiger partial charge in [-0.3, -0.25) is 9.59 Å². The number of carbonyl (C=O) groups excluding carboxylic acids is 2. The number of fused-ring (bicyclic) bond motifs is 1. The van der Waals surface area contributed by atoms with E-state index in [9.17, 15) is 9.59 Å². The van der Waals surface area contributed by atoms with Crippen molar-refractivity contribution >= 4 is 28.6 Å². The Morgan fingerprint density at radius 1 is 1.00 bits per heavy atom. The van der Waals surface area contributed by atoms with Crippen LogP contribution in [0.2, 0.25) is 0 Å². The summed E-state index contributed by atoms with van der Waals surface area (Å²) >= 11 is 0. The number of anilines is 1. The van der Waals surface area contributed by atoms with Crippen LogP contribution in [0.25, 0.3) is 22.4 Å². The van der Waals surface area contributed by atoms with E-state index in [4.69, 9.17) is 9.72 Å². The molecule has 6 nitrogen and oxygen atoms in total. The second-order valence-corrected chi connectivity index (χ2v) is 9.12. The van der Waals surface area contributed by atoms with E-state index in [1.165, 1.54) is 0 Å². The van der Waals surface area contributed by atoms with Gasteiger partial charge in [0, 0.05) is 17.2 Å². The number of benzene rings is 3. The lowest BCUT2D eigenvalue weighted by molar-refractivity contribution is -0.145. The molecule has 0 radical (unpaired) electrons. The molecule has 1 fully saturated rings. The number of esters is 1. The lowest BCUT2D eigenvalue weighted by Crippen LogP contribution is -2.30. The van der Waals surface area contributed by atoms with Crippen molar-refractivity contribution in [3.8, 4) is 11.4 Å². The Morgan fingerprint density at radius 3 is 2.40 bits per heavy atom. The van der Waals surface area contributed by atoms with Gasteiger partial charge in [0.1, 0.15) is 11.9 Å². The lowest BCUT2D eigenvalue weighted by Gasteiger charge is -2.23. The molecule has 178 valence electrons. The van der Waals surface area contributed by atoms with E-state index in [1.54, 1.807) is 6.92 Å². The Kier molecular flexibility index (Phi) is 6.12. The normalized spacial score (nSPS) is 17.7. The van der Waals surface area contributed by atoms with Crippen molar-refractivity contribution in [2.45, 2.75) is 33.2 Å². The quantitative estimate of drug-likeness (QED) is 0.354. The van der Waals surface area contributed by atoms with E-state index in [0.717, 1.165) is 33.4 Å². The molecule has 1 aliphatic rings. The molecule has 0 bridgehead atoms. The number of aryl methyl sites for hydroxylation is 2. The molecule has 1 amide bonds. The zero-order valence-electron chi connectivity index (χ0n) is 20.2. The Bertz CT molecular complexity index is 1370. The highest BCUT2D eigenvalue weighted by Gasteiger charge is 2.52. The molecule has 3 aromatic carbocycles. The van der Waals surface area contributed by atoms with Gasteiger partial charge in [0.2, 0.25) is 5.91 Å². The van der Waals surface area contributed by atoms with Gasteiger partial charge in [-0.15, -0.1) is 0 Å². The number of amides is 1. The van der Waals surface area contributed by atoms with E-state index in [2.05, 4.69) is 5.32 Å². The first kappa shape index (κ1) is 22.8. The van der Waals surface area contributed by atoms with Crippen molar-refractivity contribution in [3.05, 3.63) is 83.9 Å². The molecular weight excluding hydrogens is 438 g/mol. The van der Waals surface area contributed by atoms with Crippen LogP contribution >= 0.6 is 0 Å². The Labute approximate surface area is 204 Å². The predicted octanol–water partition coefficient (Wildman–Crippen LogP) is 5.70. The van der Waals surface area contributed by atoms with Crippen molar-refractivity contribution in [3.63, 3.8) is 0 Å². The molecule has 1 heterocycles. The number of rotatable bonds is 7. The fourth-order valence-electron chi connectivity index (χ4n) is 4.91. The fourth-order valence-corrected chi connectivity index (χ4v) is 4.91. The lowest BCUT2D eigenvalue weighted by atomic mass is 10.1. The molecule has 1 saturated carbocycles. The van der Waals surface area contributed by atoms with Gasteiger partial charge in [-0.2, -0.15) is 0 Å². The van der Waals surface area contributed by atoms with Crippen molar-refractivity contribution in [1.29, 1.82) is 0 Å². The molecule has 1 N–H and O–H groups in total. The third-order valence-corrected chi connectivity index (χ3v) is 6.74. The molecule has 35 heavy (non-hydrogen) atoms. The zero-order chi connectivity index (χ0) is 24.5. The summed E-state index contributed by atoms with van der Waals surface area (Å²) in [6, 6.07) is 23.0. The number of imidazole rings is 1. The summed E-state index contributed by atoms with van der Waals surface area (Å²) < 4.78 is 7.32. The minimum absolute atomic E-state index is 0.153. The van der Waals surface area contributed by atoms with Gasteiger partial charge in [0.25, 0.3) is 0 Å². The monoisotopic (exact) mass is 467 g/mol. The Morgan fingerprint density at radius 2 is 1.69 bits per heavy atom. The van der Waals surface area contributed by atoms with Gasteiger partial charge in [-0.1, -0.05) is 60.7 Å². The van der Waals surface area contributed by atoms with Crippen molar-refractivity contribution < 1.29 is 14.3 Å². The van der Waals surface area contributed by atoms with Gasteiger partial charge in [0.05, 0.1) is 23.6 Å². The maximum absolute atomic E-state index is 14.0. The largest absolute Gasteiger partial charge is 0.466 e. The minimum Gasteiger partial charge on any atom is -0.466 e. The minimum atomic E-state index is -0.619. The summed E-state index contributed by atoms with van der Waals surface area (Å²) in [5.41, 5.74) is 5.39. The number of para-hydroxylation sites is 3. The van der Waals surface area contributed by atoms with Crippen LogP contribution in [0.4, 0.5) is 5.69 Å². The second kappa shape index (κ2) is 9.37. The standard InChI is InChI=1S/C29H29N3O3/c1-4-35-29(34)22-17-21(22)26(28(33)31-25-18(2)11-10-12-19(25)3)32-24-16-9-8-15-23(24)30-27(32)20-13-6-5-7-14-20/h5-16,21-22,26H,4,17H2,1-3H3,(H,31,33). The summed E-state index contributed by atoms with van der Waals surface area (Å²) in [7, 11) is 0. The van der Waals surface area contributed by atoms with Gasteiger partial charge in [0.15, 0.2) is 0 Å². The summed E-state index contributed by atoms with van der Waals surface area (Å²) in [4.78, 5) is 31.6. The first-order chi connectivity index (χ1) is 17.0. The number of nitrogens with zero attached hydrogens (tertiary/aromatic N) is 2. The molecule has 3 atom stereocenters. The van der Waals surface area contributed by atoms with Gasteiger partial charge in [-0.25, -0.2) is 4.98 Å². The van der Waals surface area contributed by atoms with Crippen LogP contribution in [-0.4, -0.2) is 28.0 Å². The second-order valence-electron chi connectivity index (χ2n) is 9.12.